The molecular weight excluding hydrogens is 322 g/mol. The summed E-state index contributed by atoms with van der Waals surface area (Å²) >= 11 is 0. The molecule has 9 nitrogen and oxygen atoms in total. The molecule has 2 aromatic rings. The zero-order chi connectivity index (χ0) is 16.9. The molecule has 1 aromatic carbocycles. The molecule has 124 valence electrons. The average molecular weight is 339 g/mol. The monoisotopic (exact) mass is 339 g/mol. The van der Waals surface area contributed by atoms with E-state index in [-0.39, 0.29) is 11.3 Å². The lowest BCUT2D eigenvalue weighted by molar-refractivity contribution is -0.122. The second kappa shape index (κ2) is 7.22. The summed E-state index contributed by atoms with van der Waals surface area (Å²) in [6, 6.07) is 4.80. The van der Waals surface area contributed by atoms with Crippen molar-refractivity contribution in [1.82, 2.24) is 20.2 Å². The van der Waals surface area contributed by atoms with Gasteiger partial charge in [0.05, 0.1) is 24.4 Å². The quantitative estimate of drug-likeness (QED) is 0.492. The Labute approximate surface area is 133 Å². The van der Waals surface area contributed by atoms with E-state index in [1.807, 2.05) is 4.83 Å². The molecule has 10 heteroatoms. The minimum Gasteiger partial charge on any atom is -0.497 e. The van der Waals surface area contributed by atoms with Crippen LogP contribution in [-0.4, -0.2) is 37.4 Å². The maximum absolute atomic E-state index is 12.1. The van der Waals surface area contributed by atoms with Gasteiger partial charge in [-0.3, -0.25) is 10.2 Å². The van der Waals surface area contributed by atoms with Crippen molar-refractivity contribution in [3.8, 4) is 5.75 Å². The van der Waals surface area contributed by atoms with E-state index in [4.69, 9.17) is 10.5 Å². The molecule has 0 aliphatic rings. The Morgan fingerprint density at radius 2 is 2.09 bits per heavy atom. The lowest BCUT2D eigenvalue weighted by Gasteiger charge is -2.12. The van der Waals surface area contributed by atoms with Crippen LogP contribution in [0.4, 0.5) is 0 Å². The molecule has 0 spiro atoms. The molecule has 1 amide bonds. The zero-order valence-corrected chi connectivity index (χ0v) is 13.1. The Hall–Kier alpha value is -2.43. The molecule has 0 unspecified atom stereocenters. The Morgan fingerprint density at radius 1 is 1.39 bits per heavy atom. The third-order valence-corrected chi connectivity index (χ3v) is 4.27. The fourth-order valence-corrected chi connectivity index (χ4v) is 2.60. The number of nitrogens with two attached hydrogens (primary N) is 1. The van der Waals surface area contributed by atoms with Crippen molar-refractivity contribution in [3.05, 3.63) is 42.5 Å². The number of amides is 1. The van der Waals surface area contributed by atoms with E-state index < -0.39 is 22.0 Å². The van der Waals surface area contributed by atoms with E-state index in [2.05, 4.69) is 15.4 Å². The molecule has 0 saturated heterocycles. The molecule has 0 aliphatic carbocycles. The van der Waals surface area contributed by atoms with Gasteiger partial charge in [0.15, 0.2) is 0 Å². The topological polar surface area (TPSA) is 139 Å². The normalized spacial score (nSPS) is 12.6. The highest BCUT2D eigenvalue weighted by Crippen LogP contribution is 2.14. The third kappa shape index (κ3) is 4.52. The van der Waals surface area contributed by atoms with Crippen LogP contribution in [0.1, 0.15) is 5.69 Å². The van der Waals surface area contributed by atoms with Gasteiger partial charge < -0.3 is 15.5 Å². The first kappa shape index (κ1) is 16.9. The summed E-state index contributed by atoms with van der Waals surface area (Å²) in [7, 11) is -2.41. The summed E-state index contributed by atoms with van der Waals surface area (Å²) in [5, 5.41) is 0. The summed E-state index contributed by atoms with van der Waals surface area (Å²) < 4.78 is 29.1. The molecule has 0 bridgehead atoms. The van der Waals surface area contributed by atoms with E-state index in [9.17, 15) is 13.2 Å². The van der Waals surface area contributed by atoms with Crippen LogP contribution >= 0.6 is 0 Å². The number of nitrogens with one attached hydrogen (secondary N) is 3. The number of sulfonamides is 1. The number of benzene rings is 1. The van der Waals surface area contributed by atoms with Gasteiger partial charge in [0.25, 0.3) is 15.9 Å². The molecule has 2 rings (SSSR count). The van der Waals surface area contributed by atoms with Crippen molar-refractivity contribution in [2.45, 2.75) is 17.4 Å². The summed E-state index contributed by atoms with van der Waals surface area (Å²) in [5.74, 6) is -0.133. The molecule has 0 saturated carbocycles. The van der Waals surface area contributed by atoms with Crippen molar-refractivity contribution in [2.24, 2.45) is 5.73 Å². The van der Waals surface area contributed by atoms with Crippen LogP contribution in [0.25, 0.3) is 0 Å². The van der Waals surface area contributed by atoms with Crippen LogP contribution < -0.4 is 20.7 Å². The number of imidazole rings is 1. The minimum absolute atomic E-state index is 0.0132. The van der Waals surface area contributed by atoms with Gasteiger partial charge in [0, 0.05) is 18.3 Å². The van der Waals surface area contributed by atoms with Crippen LogP contribution in [0, 0.1) is 0 Å². The SMILES string of the molecule is COc1ccc(S(=O)(=O)NNC(=O)[C@@H](N)Cc2cnc[nH]2)cc1. The van der Waals surface area contributed by atoms with Gasteiger partial charge >= 0.3 is 0 Å². The standard InChI is InChI=1S/C13H17N5O4S/c1-22-10-2-4-11(5-3-10)23(20,21)18-17-13(19)12(14)6-9-7-15-8-16-9/h2-5,7-8,12,18H,6,14H2,1H3,(H,15,16)(H,17,19)/t12-/m0/s1. The van der Waals surface area contributed by atoms with Gasteiger partial charge in [0.1, 0.15) is 5.75 Å². The minimum atomic E-state index is -3.89. The van der Waals surface area contributed by atoms with E-state index in [1.165, 1.54) is 43.9 Å². The fourth-order valence-electron chi connectivity index (χ4n) is 1.75. The highest BCUT2D eigenvalue weighted by Gasteiger charge is 2.19. The summed E-state index contributed by atoms with van der Waals surface area (Å²) in [6.45, 7) is 0. The molecule has 23 heavy (non-hydrogen) atoms. The summed E-state index contributed by atoms with van der Waals surface area (Å²) in [4.78, 5) is 20.4. The highest BCUT2D eigenvalue weighted by molar-refractivity contribution is 7.89. The Bertz CT molecular complexity index is 743. The number of carbonyl (C=O) groups excluding carboxylic acids is 1. The number of carbonyl (C=O) groups is 1. The van der Waals surface area contributed by atoms with E-state index >= 15 is 0 Å². The van der Waals surface area contributed by atoms with Crippen molar-refractivity contribution >= 4 is 15.9 Å². The first-order chi connectivity index (χ1) is 10.9. The maximum atomic E-state index is 12.1. The number of H-pyrrole nitrogens is 1. The van der Waals surface area contributed by atoms with Gasteiger partial charge in [-0.1, -0.05) is 0 Å². The first-order valence-corrected chi connectivity index (χ1v) is 8.09. The van der Waals surface area contributed by atoms with Gasteiger partial charge in [0.2, 0.25) is 0 Å². The molecule has 0 fully saturated rings. The molecule has 1 heterocycles. The number of methoxy groups -OCH3 is 1. The number of hydrazine groups is 1. The maximum Gasteiger partial charge on any atom is 0.257 e. The Morgan fingerprint density at radius 3 is 2.65 bits per heavy atom. The van der Waals surface area contributed by atoms with Gasteiger partial charge in [-0.2, -0.15) is 0 Å². The summed E-state index contributed by atoms with van der Waals surface area (Å²) in [6.07, 6.45) is 3.21. The van der Waals surface area contributed by atoms with Crippen LogP contribution in [0.5, 0.6) is 5.75 Å². The lowest BCUT2D eigenvalue weighted by Crippen LogP contribution is -2.49. The lowest BCUT2D eigenvalue weighted by atomic mass is 10.2. The molecule has 5 N–H and O–H groups in total. The average Bonchev–Trinajstić information content (AvgIpc) is 3.05. The number of aromatic nitrogens is 2. The van der Waals surface area contributed by atoms with Crippen molar-refractivity contribution in [2.75, 3.05) is 7.11 Å². The Kier molecular flexibility index (Phi) is 5.32. The Balaban J connectivity index is 1.93. The number of aromatic amines is 1. The van der Waals surface area contributed by atoms with E-state index in [0.29, 0.717) is 11.4 Å². The second-order valence-corrected chi connectivity index (χ2v) is 6.34. The van der Waals surface area contributed by atoms with Crippen LogP contribution in [0.15, 0.2) is 41.7 Å². The highest BCUT2D eigenvalue weighted by atomic mass is 32.2. The molecule has 1 atom stereocenters. The second-order valence-electron chi connectivity index (χ2n) is 4.66. The van der Waals surface area contributed by atoms with Gasteiger partial charge in [-0.15, -0.1) is 4.83 Å². The predicted molar refractivity (Wildman–Crippen MR) is 81.7 cm³/mol. The number of nitrogens with zero attached hydrogens (tertiary/aromatic N) is 1. The van der Waals surface area contributed by atoms with Crippen molar-refractivity contribution < 1.29 is 17.9 Å². The summed E-state index contributed by atoms with van der Waals surface area (Å²) in [5.41, 5.74) is 8.47. The number of rotatable bonds is 7. The molecule has 1 aromatic heterocycles. The van der Waals surface area contributed by atoms with Crippen molar-refractivity contribution in [1.29, 1.82) is 0 Å². The van der Waals surface area contributed by atoms with Gasteiger partial charge in [-0.25, -0.2) is 13.4 Å². The van der Waals surface area contributed by atoms with Crippen molar-refractivity contribution in [3.63, 3.8) is 0 Å². The number of hydrogen-bond donors (Lipinski definition) is 4. The smallest absolute Gasteiger partial charge is 0.257 e. The van der Waals surface area contributed by atoms with E-state index in [0.717, 1.165) is 0 Å². The number of hydrogen-bond acceptors (Lipinski definition) is 6. The number of ether oxygens (including phenoxy) is 1. The first-order valence-electron chi connectivity index (χ1n) is 6.61. The predicted octanol–water partition coefficient (Wildman–Crippen LogP) is -0.702. The van der Waals surface area contributed by atoms with Crippen LogP contribution in [-0.2, 0) is 21.2 Å². The fraction of sp³-hybridized carbons (Fsp3) is 0.231. The third-order valence-electron chi connectivity index (χ3n) is 3.01. The molecular formula is C13H17N5O4S. The van der Waals surface area contributed by atoms with Crippen LogP contribution in [0.2, 0.25) is 0 Å². The largest absolute Gasteiger partial charge is 0.497 e. The molecule has 0 aliphatic heterocycles. The zero-order valence-electron chi connectivity index (χ0n) is 12.3. The van der Waals surface area contributed by atoms with Gasteiger partial charge in [-0.05, 0) is 24.3 Å². The van der Waals surface area contributed by atoms with E-state index in [1.54, 1.807) is 0 Å². The molecule has 0 radical (unpaired) electrons. The van der Waals surface area contributed by atoms with Crippen LogP contribution in [0.3, 0.4) is 0 Å².